The molecular formula is C14H14BrN3O. The second-order valence-corrected chi connectivity index (χ2v) is 4.99. The smallest absolute Gasteiger partial charge is 0.120 e. The fourth-order valence-electron chi connectivity index (χ4n) is 1.80. The average Bonchev–Trinajstić information content (AvgIpc) is 2.67. The molecule has 2 rings (SSSR count). The highest BCUT2D eigenvalue weighted by Crippen LogP contribution is 2.19. The molecule has 2 aromatic rings. The molecule has 0 atom stereocenters. The van der Waals surface area contributed by atoms with Gasteiger partial charge in [0.2, 0.25) is 0 Å². The standard InChI is InChI=1S/C14H14BrN3O/c1-10-14(15)11(2)18(17-10)6-7-19-13-5-3-4-12(8-13)9-16/h3-5,8H,6-7H2,1-2H3. The Bertz CT molecular complexity index is 628. The lowest BCUT2D eigenvalue weighted by Gasteiger charge is -2.07. The van der Waals surface area contributed by atoms with Crippen LogP contribution in [-0.4, -0.2) is 16.4 Å². The van der Waals surface area contributed by atoms with Crippen molar-refractivity contribution in [2.24, 2.45) is 0 Å². The van der Waals surface area contributed by atoms with Gasteiger partial charge < -0.3 is 4.74 Å². The Hall–Kier alpha value is -1.80. The second-order valence-electron chi connectivity index (χ2n) is 4.20. The molecule has 0 amide bonds. The number of hydrogen-bond acceptors (Lipinski definition) is 3. The first-order valence-electron chi connectivity index (χ1n) is 5.94. The summed E-state index contributed by atoms with van der Waals surface area (Å²) in [6, 6.07) is 9.24. The highest BCUT2D eigenvalue weighted by molar-refractivity contribution is 9.10. The van der Waals surface area contributed by atoms with Gasteiger partial charge in [-0.2, -0.15) is 10.4 Å². The summed E-state index contributed by atoms with van der Waals surface area (Å²) in [5.74, 6) is 0.708. The Morgan fingerprint density at radius 1 is 1.42 bits per heavy atom. The lowest BCUT2D eigenvalue weighted by atomic mass is 10.2. The number of rotatable bonds is 4. The van der Waals surface area contributed by atoms with Crippen LogP contribution in [0.3, 0.4) is 0 Å². The van der Waals surface area contributed by atoms with Crippen molar-refractivity contribution < 1.29 is 4.74 Å². The van der Waals surface area contributed by atoms with E-state index in [-0.39, 0.29) is 0 Å². The van der Waals surface area contributed by atoms with E-state index < -0.39 is 0 Å². The molecule has 0 aliphatic carbocycles. The molecule has 0 spiro atoms. The van der Waals surface area contributed by atoms with Crippen molar-refractivity contribution in [2.45, 2.75) is 20.4 Å². The third-order valence-corrected chi connectivity index (χ3v) is 3.98. The van der Waals surface area contributed by atoms with Crippen LogP contribution in [0.1, 0.15) is 17.0 Å². The Kier molecular flexibility index (Phi) is 4.23. The van der Waals surface area contributed by atoms with Crippen molar-refractivity contribution in [3.05, 3.63) is 45.7 Å². The van der Waals surface area contributed by atoms with Crippen LogP contribution in [0.4, 0.5) is 0 Å². The molecule has 0 saturated heterocycles. The molecule has 98 valence electrons. The zero-order valence-electron chi connectivity index (χ0n) is 10.9. The van der Waals surface area contributed by atoms with E-state index in [1.165, 1.54) is 0 Å². The van der Waals surface area contributed by atoms with Gasteiger partial charge in [-0.3, -0.25) is 4.68 Å². The topological polar surface area (TPSA) is 50.8 Å². The fourth-order valence-corrected chi connectivity index (χ4v) is 2.08. The Morgan fingerprint density at radius 2 is 2.21 bits per heavy atom. The minimum absolute atomic E-state index is 0.517. The van der Waals surface area contributed by atoms with Crippen molar-refractivity contribution in [3.63, 3.8) is 0 Å². The Balaban J connectivity index is 1.96. The van der Waals surface area contributed by atoms with Crippen LogP contribution in [0.25, 0.3) is 0 Å². The summed E-state index contributed by atoms with van der Waals surface area (Å²) in [5.41, 5.74) is 2.67. The maximum atomic E-state index is 8.81. The molecule has 1 heterocycles. The molecule has 0 radical (unpaired) electrons. The van der Waals surface area contributed by atoms with E-state index in [0.717, 1.165) is 15.9 Å². The van der Waals surface area contributed by atoms with Crippen molar-refractivity contribution >= 4 is 15.9 Å². The summed E-state index contributed by atoms with van der Waals surface area (Å²) >= 11 is 3.50. The monoisotopic (exact) mass is 319 g/mol. The minimum atomic E-state index is 0.517. The largest absolute Gasteiger partial charge is 0.492 e. The van der Waals surface area contributed by atoms with Crippen LogP contribution in [-0.2, 0) is 6.54 Å². The van der Waals surface area contributed by atoms with E-state index >= 15 is 0 Å². The normalized spacial score (nSPS) is 10.2. The van der Waals surface area contributed by atoms with Gasteiger partial charge in [-0.05, 0) is 48.0 Å². The van der Waals surface area contributed by atoms with Gasteiger partial charge in [-0.25, -0.2) is 0 Å². The van der Waals surface area contributed by atoms with Crippen LogP contribution in [0.15, 0.2) is 28.7 Å². The first-order valence-corrected chi connectivity index (χ1v) is 6.73. The predicted octanol–water partition coefficient (Wildman–Crippen LogP) is 3.21. The number of ether oxygens (including phenoxy) is 1. The van der Waals surface area contributed by atoms with Crippen LogP contribution < -0.4 is 4.74 Å². The Labute approximate surface area is 120 Å². The van der Waals surface area contributed by atoms with Gasteiger partial charge in [-0.15, -0.1) is 0 Å². The molecule has 0 N–H and O–H groups in total. The predicted molar refractivity (Wildman–Crippen MR) is 76.1 cm³/mol. The first-order chi connectivity index (χ1) is 9.11. The second kappa shape index (κ2) is 5.89. The van der Waals surface area contributed by atoms with Crippen LogP contribution >= 0.6 is 15.9 Å². The maximum Gasteiger partial charge on any atom is 0.120 e. The van der Waals surface area contributed by atoms with Crippen molar-refractivity contribution in [1.82, 2.24) is 9.78 Å². The molecule has 0 fully saturated rings. The number of aryl methyl sites for hydroxylation is 1. The third kappa shape index (κ3) is 3.15. The molecule has 19 heavy (non-hydrogen) atoms. The fraction of sp³-hybridized carbons (Fsp3) is 0.286. The summed E-state index contributed by atoms with van der Waals surface area (Å²) in [6.45, 7) is 5.17. The van der Waals surface area contributed by atoms with E-state index in [0.29, 0.717) is 24.5 Å². The summed E-state index contributed by atoms with van der Waals surface area (Å²) in [6.07, 6.45) is 0. The molecule has 0 unspecified atom stereocenters. The summed E-state index contributed by atoms with van der Waals surface area (Å²) in [5, 5.41) is 13.2. The van der Waals surface area contributed by atoms with E-state index in [9.17, 15) is 0 Å². The van der Waals surface area contributed by atoms with Gasteiger partial charge >= 0.3 is 0 Å². The van der Waals surface area contributed by atoms with Crippen LogP contribution in [0, 0.1) is 25.2 Å². The summed E-state index contributed by atoms with van der Waals surface area (Å²) in [4.78, 5) is 0. The van der Waals surface area contributed by atoms with Crippen molar-refractivity contribution in [1.29, 1.82) is 5.26 Å². The average molecular weight is 320 g/mol. The number of halogens is 1. The molecular weight excluding hydrogens is 306 g/mol. The quantitative estimate of drug-likeness (QED) is 0.869. The number of nitriles is 1. The maximum absolute atomic E-state index is 8.81. The van der Waals surface area contributed by atoms with Gasteiger partial charge in [0, 0.05) is 5.69 Å². The van der Waals surface area contributed by atoms with E-state index in [1.54, 1.807) is 12.1 Å². The van der Waals surface area contributed by atoms with Crippen LogP contribution in [0.5, 0.6) is 5.75 Å². The summed E-state index contributed by atoms with van der Waals surface area (Å²) < 4.78 is 8.58. The summed E-state index contributed by atoms with van der Waals surface area (Å²) in [7, 11) is 0. The molecule has 5 heteroatoms. The van der Waals surface area contributed by atoms with Crippen molar-refractivity contribution in [3.8, 4) is 11.8 Å². The van der Waals surface area contributed by atoms with Gasteiger partial charge in [0.15, 0.2) is 0 Å². The Morgan fingerprint density at radius 3 is 2.84 bits per heavy atom. The molecule has 0 bridgehead atoms. The zero-order valence-corrected chi connectivity index (χ0v) is 12.4. The van der Waals surface area contributed by atoms with E-state index in [2.05, 4.69) is 27.1 Å². The number of hydrogen-bond donors (Lipinski definition) is 0. The molecule has 1 aromatic heterocycles. The van der Waals surface area contributed by atoms with Crippen LogP contribution in [0.2, 0.25) is 0 Å². The lowest BCUT2D eigenvalue weighted by molar-refractivity contribution is 0.289. The van der Waals surface area contributed by atoms with Gasteiger partial charge in [0.05, 0.1) is 28.3 Å². The lowest BCUT2D eigenvalue weighted by Crippen LogP contribution is -2.11. The van der Waals surface area contributed by atoms with Crippen molar-refractivity contribution in [2.75, 3.05) is 6.61 Å². The van der Waals surface area contributed by atoms with E-state index in [1.807, 2.05) is 30.7 Å². The molecule has 0 aliphatic heterocycles. The van der Waals surface area contributed by atoms with E-state index in [4.69, 9.17) is 10.00 Å². The SMILES string of the molecule is Cc1nn(CCOc2cccc(C#N)c2)c(C)c1Br. The number of benzene rings is 1. The zero-order chi connectivity index (χ0) is 13.8. The highest BCUT2D eigenvalue weighted by Gasteiger charge is 2.08. The molecule has 0 aliphatic rings. The molecule has 4 nitrogen and oxygen atoms in total. The highest BCUT2D eigenvalue weighted by atomic mass is 79.9. The van der Waals surface area contributed by atoms with Gasteiger partial charge in [0.25, 0.3) is 0 Å². The number of nitrogens with zero attached hydrogens (tertiary/aromatic N) is 3. The first kappa shape index (κ1) is 13.6. The van der Waals surface area contributed by atoms with Gasteiger partial charge in [0.1, 0.15) is 12.4 Å². The number of aromatic nitrogens is 2. The third-order valence-electron chi connectivity index (χ3n) is 2.83. The molecule has 0 saturated carbocycles. The molecule has 1 aromatic carbocycles. The van der Waals surface area contributed by atoms with Gasteiger partial charge in [-0.1, -0.05) is 6.07 Å². The minimum Gasteiger partial charge on any atom is -0.492 e.